The number of hydrogen-bond donors (Lipinski definition) is 0. The van der Waals surface area contributed by atoms with Crippen molar-refractivity contribution in [3.63, 3.8) is 0 Å². The fourth-order valence-corrected chi connectivity index (χ4v) is 5.41. The van der Waals surface area contributed by atoms with Crippen LogP contribution in [0.5, 0.6) is 11.5 Å². The van der Waals surface area contributed by atoms with E-state index in [2.05, 4.69) is 10.2 Å². The quantitative estimate of drug-likeness (QED) is 0.119. The minimum Gasteiger partial charge on any atom is -0.493 e. The summed E-state index contributed by atoms with van der Waals surface area (Å²) in [5.41, 5.74) is 3.35. The van der Waals surface area contributed by atoms with E-state index in [1.54, 1.807) is 18.2 Å². The van der Waals surface area contributed by atoms with Gasteiger partial charge in [-0.05, 0) is 55.3 Å². The van der Waals surface area contributed by atoms with Gasteiger partial charge in [0.1, 0.15) is 17.7 Å². The normalized spacial score (nSPS) is 11.8. The lowest BCUT2D eigenvalue weighted by atomic mass is 10.1. The number of halogens is 2. The van der Waals surface area contributed by atoms with Crippen LogP contribution in [0.25, 0.3) is 5.69 Å². The number of thioether (sulfide) groups is 1. The lowest BCUT2D eigenvalue weighted by Crippen LogP contribution is -2.12. The summed E-state index contributed by atoms with van der Waals surface area (Å²) < 4.78 is 13.4. The molecule has 0 fully saturated rings. The number of nitro groups is 1. The first-order valence-electron chi connectivity index (χ1n) is 11.3. The van der Waals surface area contributed by atoms with Crippen molar-refractivity contribution in [1.29, 1.82) is 0 Å². The molecular weight excluding hydrogens is 535 g/mol. The van der Waals surface area contributed by atoms with Crippen molar-refractivity contribution in [1.82, 2.24) is 14.8 Å². The van der Waals surface area contributed by atoms with Crippen molar-refractivity contribution in [2.75, 3.05) is 13.7 Å². The summed E-state index contributed by atoms with van der Waals surface area (Å²) in [6, 6.07) is 18.6. The molecule has 11 heteroatoms. The Bertz CT molecular complexity index is 1430. The van der Waals surface area contributed by atoms with Gasteiger partial charge in [-0.25, -0.2) is 0 Å². The van der Waals surface area contributed by atoms with Crippen LogP contribution in [0.15, 0.2) is 65.8 Å². The van der Waals surface area contributed by atoms with Crippen molar-refractivity contribution < 1.29 is 14.4 Å². The van der Waals surface area contributed by atoms with Crippen molar-refractivity contribution in [3.8, 4) is 17.2 Å². The summed E-state index contributed by atoms with van der Waals surface area (Å²) in [6.07, 6.45) is 0. The number of aryl methyl sites for hydroxylation is 2. The number of rotatable bonds is 10. The SMILES string of the molecule is COc1cc([C@H](C[N+](=O)[O-])Sc2nnc(C)n2-c2cccc(C)c2)cc(Cl)c1OCc1ccccc1Cl. The highest BCUT2D eigenvalue weighted by Crippen LogP contribution is 2.43. The van der Waals surface area contributed by atoms with Crippen LogP contribution in [0, 0.1) is 24.0 Å². The Labute approximate surface area is 228 Å². The first-order chi connectivity index (χ1) is 17.8. The summed E-state index contributed by atoms with van der Waals surface area (Å²) in [5.74, 6) is 1.36. The van der Waals surface area contributed by atoms with Crippen LogP contribution in [0.2, 0.25) is 10.0 Å². The molecule has 0 aliphatic rings. The van der Waals surface area contributed by atoms with E-state index in [1.165, 1.54) is 18.9 Å². The zero-order valence-electron chi connectivity index (χ0n) is 20.4. The predicted molar refractivity (Wildman–Crippen MR) is 145 cm³/mol. The second-order valence-electron chi connectivity index (χ2n) is 8.24. The van der Waals surface area contributed by atoms with Gasteiger partial charge in [-0.2, -0.15) is 0 Å². The molecule has 0 saturated carbocycles. The molecule has 1 atom stereocenters. The second kappa shape index (κ2) is 11.9. The molecule has 0 bridgehead atoms. The summed E-state index contributed by atoms with van der Waals surface area (Å²) in [4.78, 5) is 11.3. The van der Waals surface area contributed by atoms with E-state index in [0.717, 1.165) is 16.8 Å². The minimum atomic E-state index is -0.619. The molecule has 37 heavy (non-hydrogen) atoms. The Kier molecular flexibility index (Phi) is 8.58. The molecule has 0 spiro atoms. The molecule has 0 aliphatic carbocycles. The molecule has 0 unspecified atom stereocenters. The number of methoxy groups -OCH3 is 1. The number of benzene rings is 3. The zero-order valence-corrected chi connectivity index (χ0v) is 22.7. The molecular formula is C26H24Cl2N4O4S. The number of hydrogen-bond acceptors (Lipinski definition) is 7. The van der Waals surface area contributed by atoms with Gasteiger partial charge in [0, 0.05) is 21.2 Å². The Hall–Kier alpha value is -3.27. The van der Waals surface area contributed by atoms with Crippen molar-refractivity contribution >= 4 is 35.0 Å². The first kappa shape index (κ1) is 26.8. The van der Waals surface area contributed by atoms with Crippen molar-refractivity contribution in [3.05, 3.63) is 103 Å². The van der Waals surface area contributed by atoms with E-state index in [4.69, 9.17) is 32.7 Å². The number of aromatic nitrogens is 3. The molecule has 0 amide bonds. The molecule has 1 heterocycles. The van der Waals surface area contributed by atoms with Crippen LogP contribution < -0.4 is 9.47 Å². The molecule has 1 aromatic heterocycles. The van der Waals surface area contributed by atoms with Gasteiger partial charge >= 0.3 is 0 Å². The van der Waals surface area contributed by atoms with Crippen LogP contribution in [-0.4, -0.2) is 33.3 Å². The van der Waals surface area contributed by atoms with Gasteiger partial charge in [0.25, 0.3) is 0 Å². The zero-order chi connectivity index (χ0) is 26.5. The maximum Gasteiger partial charge on any atom is 0.220 e. The van der Waals surface area contributed by atoms with E-state index in [0.29, 0.717) is 33.1 Å². The fourth-order valence-electron chi connectivity index (χ4n) is 3.79. The summed E-state index contributed by atoms with van der Waals surface area (Å²) >= 11 is 14.1. The molecule has 8 nitrogen and oxygen atoms in total. The highest BCUT2D eigenvalue weighted by molar-refractivity contribution is 7.99. The van der Waals surface area contributed by atoms with Gasteiger partial charge in [0.15, 0.2) is 16.7 Å². The van der Waals surface area contributed by atoms with Crippen LogP contribution in [0.4, 0.5) is 0 Å². The summed E-state index contributed by atoms with van der Waals surface area (Å²) in [7, 11) is 1.49. The molecule has 0 aliphatic heterocycles. The second-order valence-corrected chi connectivity index (χ2v) is 10.2. The molecule has 0 N–H and O–H groups in total. The maximum atomic E-state index is 11.6. The van der Waals surface area contributed by atoms with Crippen LogP contribution in [-0.2, 0) is 6.61 Å². The van der Waals surface area contributed by atoms with Gasteiger partial charge < -0.3 is 9.47 Å². The van der Waals surface area contributed by atoms with E-state index < -0.39 is 5.25 Å². The third kappa shape index (κ3) is 6.36. The first-order valence-corrected chi connectivity index (χ1v) is 12.9. The molecule has 192 valence electrons. The predicted octanol–water partition coefficient (Wildman–Crippen LogP) is 6.89. The number of ether oxygens (including phenoxy) is 2. The monoisotopic (exact) mass is 558 g/mol. The Balaban J connectivity index is 1.66. The third-order valence-corrected chi connectivity index (χ3v) is 7.40. The smallest absolute Gasteiger partial charge is 0.220 e. The Morgan fingerprint density at radius 1 is 1.05 bits per heavy atom. The Morgan fingerprint density at radius 3 is 2.54 bits per heavy atom. The van der Waals surface area contributed by atoms with Crippen molar-refractivity contribution in [2.45, 2.75) is 30.9 Å². The van der Waals surface area contributed by atoms with Gasteiger partial charge in [-0.3, -0.25) is 14.7 Å². The molecule has 3 aromatic carbocycles. The fraction of sp³-hybridized carbons (Fsp3) is 0.231. The van der Waals surface area contributed by atoms with Crippen LogP contribution in [0.3, 0.4) is 0 Å². The third-order valence-electron chi connectivity index (χ3n) is 5.57. The molecule has 0 saturated heterocycles. The standard InChI is InChI=1S/C26H24Cl2N4O4S/c1-16-7-6-9-20(11-16)32-17(2)29-30-26(32)37-24(14-31(33)34)19-12-22(28)25(23(13-19)35-3)36-15-18-8-4-5-10-21(18)27/h4-13,24H,14-15H2,1-3H3/t24-/m0/s1. The maximum absolute atomic E-state index is 11.6. The number of nitrogens with zero attached hydrogens (tertiary/aromatic N) is 4. The van der Waals surface area contributed by atoms with E-state index in [9.17, 15) is 10.1 Å². The summed E-state index contributed by atoms with van der Waals surface area (Å²) in [6.45, 7) is 3.66. The van der Waals surface area contributed by atoms with Crippen LogP contribution in [0.1, 0.15) is 27.8 Å². The minimum absolute atomic E-state index is 0.182. The average Bonchev–Trinajstić information content (AvgIpc) is 3.22. The molecule has 4 rings (SSSR count). The van der Waals surface area contributed by atoms with Crippen molar-refractivity contribution in [2.24, 2.45) is 0 Å². The van der Waals surface area contributed by atoms with E-state index in [-0.39, 0.29) is 23.1 Å². The van der Waals surface area contributed by atoms with Crippen LogP contribution >= 0.6 is 35.0 Å². The van der Waals surface area contributed by atoms with Gasteiger partial charge in [0.2, 0.25) is 6.54 Å². The highest BCUT2D eigenvalue weighted by atomic mass is 35.5. The topological polar surface area (TPSA) is 92.3 Å². The lowest BCUT2D eigenvalue weighted by molar-refractivity contribution is -0.479. The van der Waals surface area contributed by atoms with Gasteiger partial charge in [-0.15, -0.1) is 10.2 Å². The Morgan fingerprint density at radius 2 is 1.84 bits per heavy atom. The lowest BCUT2D eigenvalue weighted by Gasteiger charge is -2.18. The average molecular weight is 559 g/mol. The largest absolute Gasteiger partial charge is 0.493 e. The molecule has 0 radical (unpaired) electrons. The highest BCUT2D eigenvalue weighted by Gasteiger charge is 2.26. The van der Waals surface area contributed by atoms with E-state index in [1.807, 2.05) is 60.9 Å². The van der Waals surface area contributed by atoms with E-state index >= 15 is 0 Å². The van der Waals surface area contributed by atoms with Gasteiger partial charge in [-0.1, -0.05) is 65.3 Å². The molecule has 4 aromatic rings. The van der Waals surface area contributed by atoms with Gasteiger partial charge in [0.05, 0.1) is 12.1 Å². The summed E-state index contributed by atoms with van der Waals surface area (Å²) in [5, 5.41) is 20.9.